The molecule has 0 saturated heterocycles. The van der Waals surface area contributed by atoms with Gasteiger partial charge in [0.25, 0.3) is 5.91 Å². The molecule has 5 rings (SSSR count). The van der Waals surface area contributed by atoms with Gasteiger partial charge in [0.15, 0.2) is 5.43 Å². The van der Waals surface area contributed by atoms with Crippen molar-refractivity contribution >= 4 is 16.9 Å². The van der Waals surface area contributed by atoms with Gasteiger partial charge in [-0.05, 0) is 60.2 Å². The van der Waals surface area contributed by atoms with Gasteiger partial charge < -0.3 is 14.1 Å². The molecule has 0 fully saturated rings. The number of methoxy groups -OCH3 is 1. The molecule has 0 bridgehead atoms. The van der Waals surface area contributed by atoms with Crippen LogP contribution in [0, 0.1) is 6.92 Å². The van der Waals surface area contributed by atoms with Crippen molar-refractivity contribution in [2.45, 2.75) is 39.2 Å². The molecule has 1 aliphatic rings. The van der Waals surface area contributed by atoms with Crippen LogP contribution in [-0.4, -0.2) is 24.5 Å². The van der Waals surface area contributed by atoms with Crippen LogP contribution in [0.15, 0.2) is 75.9 Å². The van der Waals surface area contributed by atoms with Gasteiger partial charge in [-0.1, -0.05) is 61.9 Å². The van der Waals surface area contributed by atoms with Gasteiger partial charge in [0, 0.05) is 6.54 Å². The maximum absolute atomic E-state index is 13.7. The number of hydrogen-bond acceptors (Lipinski definition) is 4. The Morgan fingerprint density at radius 3 is 2.34 bits per heavy atom. The predicted octanol–water partition coefficient (Wildman–Crippen LogP) is 6.02. The van der Waals surface area contributed by atoms with Crippen LogP contribution in [0.2, 0.25) is 0 Å². The second-order valence-electron chi connectivity index (χ2n) is 9.49. The lowest BCUT2D eigenvalue weighted by molar-refractivity contribution is 0.0730. The lowest BCUT2D eigenvalue weighted by Crippen LogP contribution is -2.31. The first-order valence-corrected chi connectivity index (χ1v) is 12.0. The number of hydrogen-bond donors (Lipinski definition) is 0. The maximum atomic E-state index is 13.7. The van der Waals surface area contributed by atoms with Crippen LogP contribution < -0.4 is 10.2 Å². The summed E-state index contributed by atoms with van der Waals surface area (Å²) in [5, 5.41) is 0.511. The van der Waals surface area contributed by atoms with E-state index in [-0.39, 0.29) is 17.1 Å². The van der Waals surface area contributed by atoms with E-state index in [0.717, 1.165) is 22.4 Å². The second-order valence-corrected chi connectivity index (χ2v) is 9.49. The molecule has 178 valence electrons. The number of nitrogens with zero attached hydrogens (tertiary/aromatic N) is 1. The van der Waals surface area contributed by atoms with Crippen molar-refractivity contribution in [1.82, 2.24) is 4.90 Å². The summed E-state index contributed by atoms with van der Waals surface area (Å²) in [5.41, 5.74) is 4.92. The molecular formula is C30H29NO4. The van der Waals surface area contributed by atoms with Crippen molar-refractivity contribution in [1.29, 1.82) is 0 Å². The summed E-state index contributed by atoms with van der Waals surface area (Å²) in [5.74, 6) is 1.09. The molecule has 4 aromatic rings. The summed E-state index contributed by atoms with van der Waals surface area (Å²) in [6.45, 7) is 6.70. The predicted molar refractivity (Wildman–Crippen MR) is 137 cm³/mol. The molecule has 0 unspecified atom stereocenters. The standard InChI is InChI=1S/C30H29NO4/c1-18(2)21-8-10-22(11-9-21)27-26-28(32)24-17-19(3)5-14-25(24)35-29(26)30(33)31(27)16-15-20-6-12-23(34-4)13-7-20/h5-14,17-18,27H,15-16H2,1-4H3/t27-/m1/s1. The zero-order valence-electron chi connectivity index (χ0n) is 20.5. The van der Waals surface area contributed by atoms with Gasteiger partial charge in [0.05, 0.1) is 24.1 Å². The Bertz CT molecular complexity index is 1450. The first-order valence-electron chi connectivity index (χ1n) is 12.0. The number of carbonyl (C=O) groups is 1. The van der Waals surface area contributed by atoms with E-state index in [9.17, 15) is 9.59 Å². The fourth-order valence-electron chi connectivity index (χ4n) is 4.82. The van der Waals surface area contributed by atoms with E-state index >= 15 is 0 Å². The van der Waals surface area contributed by atoms with Gasteiger partial charge in [-0.25, -0.2) is 0 Å². The van der Waals surface area contributed by atoms with E-state index in [0.29, 0.717) is 35.4 Å². The van der Waals surface area contributed by atoms with Crippen LogP contribution >= 0.6 is 0 Å². The number of fused-ring (bicyclic) bond motifs is 2. The molecule has 2 heterocycles. The average Bonchev–Trinajstić information content (AvgIpc) is 3.15. The van der Waals surface area contributed by atoms with Crippen molar-refractivity contribution in [3.8, 4) is 5.75 Å². The summed E-state index contributed by atoms with van der Waals surface area (Å²) >= 11 is 0. The quantitative estimate of drug-likeness (QED) is 0.348. The van der Waals surface area contributed by atoms with E-state index in [1.165, 1.54) is 5.56 Å². The molecule has 0 spiro atoms. The molecule has 0 saturated carbocycles. The molecule has 5 nitrogen and oxygen atoms in total. The Hall–Kier alpha value is -3.86. The van der Waals surface area contributed by atoms with E-state index in [2.05, 4.69) is 26.0 Å². The van der Waals surface area contributed by atoms with Gasteiger partial charge in [-0.15, -0.1) is 0 Å². The molecule has 0 N–H and O–H groups in total. The topological polar surface area (TPSA) is 59.8 Å². The third-order valence-electron chi connectivity index (χ3n) is 6.84. The third-order valence-corrected chi connectivity index (χ3v) is 6.84. The lowest BCUT2D eigenvalue weighted by Gasteiger charge is -2.25. The number of aryl methyl sites for hydroxylation is 1. The van der Waals surface area contributed by atoms with E-state index < -0.39 is 6.04 Å². The van der Waals surface area contributed by atoms with Gasteiger partial charge in [0.2, 0.25) is 5.76 Å². The van der Waals surface area contributed by atoms with Crippen LogP contribution in [0.1, 0.15) is 64.2 Å². The number of benzene rings is 3. The van der Waals surface area contributed by atoms with Crippen LogP contribution in [-0.2, 0) is 6.42 Å². The summed E-state index contributed by atoms with van der Waals surface area (Å²) in [6.07, 6.45) is 0.650. The highest BCUT2D eigenvalue weighted by Gasteiger charge is 2.42. The van der Waals surface area contributed by atoms with Crippen molar-refractivity contribution in [2.75, 3.05) is 13.7 Å². The first kappa shape index (κ1) is 22.9. The summed E-state index contributed by atoms with van der Waals surface area (Å²) < 4.78 is 11.3. The number of amides is 1. The SMILES string of the molecule is COc1ccc(CCN2C(=O)c3oc4ccc(C)cc4c(=O)c3[C@H]2c2ccc(C(C)C)cc2)cc1. The number of ether oxygens (including phenoxy) is 1. The van der Waals surface area contributed by atoms with E-state index in [4.69, 9.17) is 9.15 Å². The van der Waals surface area contributed by atoms with E-state index in [1.807, 2.05) is 55.5 Å². The minimum absolute atomic E-state index is 0.136. The normalized spacial score (nSPS) is 15.2. The van der Waals surface area contributed by atoms with Crippen LogP contribution in [0.25, 0.3) is 11.0 Å². The van der Waals surface area contributed by atoms with Crippen LogP contribution in [0.3, 0.4) is 0 Å². The molecule has 0 aliphatic carbocycles. The fraction of sp³-hybridized carbons (Fsp3) is 0.267. The molecule has 5 heteroatoms. The zero-order valence-corrected chi connectivity index (χ0v) is 20.5. The van der Waals surface area contributed by atoms with Crippen LogP contribution in [0.4, 0.5) is 0 Å². The molecule has 35 heavy (non-hydrogen) atoms. The third kappa shape index (κ3) is 4.12. The average molecular weight is 468 g/mol. The molecule has 1 amide bonds. The van der Waals surface area contributed by atoms with Gasteiger partial charge in [-0.3, -0.25) is 9.59 Å². The van der Waals surface area contributed by atoms with Gasteiger partial charge >= 0.3 is 0 Å². The van der Waals surface area contributed by atoms with Crippen molar-refractivity contribution < 1.29 is 13.9 Å². The molecule has 1 atom stereocenters. The number of rotatable bonds is 6. The van der Waals surface area contributed by atoms with Crippen molar-refractivity contribution in [3.63, 3.8) is 0 Å². The van der Waals surface area contributed by atoms with Gasteiger partial charge in [0.1, 0.15) is 11.3 Å². The minimum atomic E-state index is -0.488. The highest BCUT2D eigenvalue weighted by atomic mass is 16.5. The Balaban J connectivity index is 1.59. The molecule has 0 radical (unpaired) electrons. The molecule has 1 aliphatic heterocycles. The Labute approximate surface area is 205 Å². The Morgan fingerprint density at radius 2 is 1.69 bits per heavy atom. The van der Waals surface area contributed by atoms with Crippen molar-refractivity contribution in [3.05, 3.63) is 111 Å². The van der Waals surface area contributed by atoms with E-state index in [1.54, 1.807) is 18.1 Å². The second kappa shape index (κ2) is 9.06. The maximum Gasteiger partial charge on any atom is 0.290 e. The summed E-state index contributed by atoms with van der Waals surface area (Å²) in [4.78, 5) is 29.1. The molecule has 3 aromatic carbocycles. The zero-order chi connectivity index (χ0) is 24.7. The molecule has 1 aromatic heterocycles. The van der Waals surface area contributed by atoms with Gasteiger partial charge in [-0.2, -0.15) is 0 Å². The van der Waals surface area contributed by atoms with Crippen molar-refractivity contribution in [2.24, 2.45) is 0 Å². The summed E-state index contributed by atoms with van der Waals surface area (Å²) in [6, 6.07) is 21.1. The highest BCUT2D eigenvalue weighted by molar-refractivity contribution is 5.99. The summed E-state index contributed by atoms with van der Waals surface area (Å²) in [7, 11) is 1.64. The van der Waals surface area contributed by atoms with Crippen LogP contribution in [0.5, 0.6) is 5.75 Å². The fourth-order valence-corrected chi connectivity index (χ4v) is 4.82. The largest absolute Gasteiger partial charge is 0.497 e. The smallest absolute Gasteiger partial charge is 0.290 e. The Kier molecular flexibility index (Phi) is 5.93. The molecular weight excluding hydrogens is 438 g/mol. The first-order chi connectivity index (χ1) is 16.9. The minimum Gasteiger partial charge on any atom is -0.497 e. The lowest BCUT2D eigenvalue weighted by atomic mass is 9.95. The monoisotopic (exact) mass is 467 g/mol. The Morgan fingerprint density at radius 1 is 0.971 bits per heavy atom. The number of carbonyl (C=O) groups excluding carboxylic acids is 1. The highest BCUT2D eigenvalue weighted by Crippen LogP contribution is 2.38.